The second-order valence-corrected chi connectivity index (χ2v) is 6.54. The third-order valence-corrected chi connectivity index (χ3v) is 4.51. The van der Waals surface area contributed by atoms with Crippen LogP contribution in [0.3, 0.4) is 0 Å². The number of hydrogen-bond acceptors (Lipinski definition) is 5. The van der Waals surface area contributed by atoms with Crippen molar-refractivity contribution in [1.29, 1.82) is 5.26 Å². The van der Waals surface area contributed by atoms with Crippen LogP contribution < -0.4 is 15.8 Å². The van der Waals surface area contributed by atoms with Crippen molar-refractivity contribution < 1.29 is 0 Å². The van der Waals surface area contributed by atoms with Crippen LogP contribution in [0, 0.1) is 11.3 Å². The van der Waals surface area contributed by atoms with Crippen LogP contribution in [0.25, 0.3) is 16.8 Å². The van der Waals surface area contributed by atoms with Crippen molar-refractivity contribution in [3.63, 3.8) is 0 Å². The van der Waals surface area contributed by atoms with Gasteiger partial charge >= 0.3 is 0 Å². The first-order valence-corrected chi connectivity index (χ1v) is 8.72. The minimum absolute atomic E-state index is 0.260. The van der Waals surface area contributed by atoms with E-state index in [0.29, 0.717) is 17.0 Å². The SMILES string of the molecule is CN(C)c1ccc(Nc2[nH]n3c(=O)c(-c4ccccc4)cnc3c2C#N)cc1. The number of benzene rings is 2. The standard InChI is InChI=1S/C21H18N6O/c1-26(2)16-10-8-15(9-11-16)24-19-17(12-22)20-23-13-18(21(28)27(20)25-19)14-6-4-3-5-7-14/h3-11,13,24-25H,1-2H3. The molecule has 0 aliphatic heterocycles. The van der Waals surface area contributed by atoms with E-state index in [2.05, 4.69) is 21.5 Å². The van der Waals surface area contributed by atoms with Gasteiger partial charge in [-0.1, -0.05) is 30.3 Å². The van der Waals surface area contributed by atoms with E-state index in [1.54, 1.807) is 0 Å². The molecule has 0 bridgehead atoms. The second kappa shape index (κ2) is 6.93. The average Bonchev–Trinajstić information content (AvgIpc) is 3.07. The molecular weight excluding hydrogens is 352 g/mol. The van der Waals surface area contributed by atoms with Crippen molar-refractivity contribution in [1.82, 2.24) is 14.6 Å². The van der Waals surface area contributed by atoms with Crippen LogP contribution in [0.4, 0.5) is 17.2 Å². The minimum Gasteiger partial charge on any atom is -0.378 e. The number of hydrogen-bond donors (Lipinski definition) is 2. The maximum absolute atomic E-state index is 12.9. The van der Waals surface area contributed by atoms with Gasteiger partial charge in [-0.05, 0) is 29.8 Å². The molecule has 2 aromatic heterocycles. The number of aromatic amines is 1. The predicted octanol–water partition coefficient (Wildman–Crippen LogP) is 3.37. The van der Waals surface area contributed by atoms with E-state index < -0.39 is 0 Å². The molecule has 4 aromatic rings. The number of fused-ring (bicyclic) bond motifs is 1. The third-order valence-electron chi connectivity index (χ3n) is 4.51. The maximum atomic E-state index is 12.9. The number of rotatable bonds is 4. The first-order valence-electron chi connectivity index (χ1n) is 8.72. The van der Waals surface area contributed by atoms with Crippen molar-refractivity contribution in [3.8, 4) is 17.2 Å². The normalized spacial score (nSPS) is 10.6. The Bertz CT molecular complexity index is 1230. The summed E-state index contributed by atoms with van der Waals surface area (Å²) in [5.74, 6) is 0.426. The topological polar surface area (TPSA) is 89.2 Å². The highest BCUT2D eigenvalue weighted by Crippen LogP contribution is 2.24. The molecule has 0 atom stereocenters. The van der Waals surface area contributed by atoms with Crippen molar-refractivity contribution in [2.75, 3.05) is 24.3 Å². The van der Waals surface area contributed by atoms with Crippen LogP contribution in [-0.4, -0.2) is 28.7 Å². The Kier molecular flexibility index (Phi) is 4.30. The number of nitrogens with one attached hydrogen (secondary N) is 2. The fraction of sp³-hybridized carbons (Fsp3) is 0.0952. The van der Waals surface area contributed by atoms with Crippen LogP contribution >= 0.6 is 0 Å². The number of nitriles is 1. The molecule has 0 radical (unpaired) electrons. The highest BCUT2D eigenvalue weighted by molar-refractivity contribution is 5.74. The molecule has 2 heterocycles. The molecule has 138 valence electrons. The lowest BCUT2D eigenvalue weighted by Gasteiger charge is -2.13. The lowest BCUT2D eigenvalue weighted by atomic mass is 10.1. The smallest absolute Gasteiger partial charge is 0.280 e. The molecule has 0 spiro atoms. The van der Waals surface area contributed by atoms with Crippen LogP contribution in [0.15, 0.2) is 65.6 Å². The monoisotopic (exact) mass is 370 g/mol. The fourth-order valence-electron chi connectivity index (χ4n) is 3.01. The number of H-pyrrole nitrogens is 1. The Morgan fingerprint density at radius 1 is 1.11 bits per heavy atom. The minimum atomic E-state index is -0.260. The van der Waals surface area contributed by atoms with E-state index in [1.807, 2.05) is 73.6 Å². The van der Waals surface area contributed by atoms with Crippen LogP contribution in [-0.2, 0) is 0 Å². The Balaban J connectivity index is 1.78. The van der Waals surface area contributed by atoms with Crippen molar-refractivity contribution in [3.05, 3.63) is 76.7 Å². The zero-order chi connectivity index (χ0) is 19.7. The largest absolute Gasteiger partial charge is 0.378 e. The molecular formula is C21H18N6O. The zero-order valence-corrected chi connectivity index (χ0v) is 15.5. The first kappa shape index (κ1) is 17.4. The van der Waals surface area contributed by atoms with Gasteiger partial charge in [-0.3, -0.25) is 9.89 Å². The lowest BCUT2D eigenvalue weighted by molar-refractivity contribution is 0.905. The summed E-state index contributed by atoms with van der Waals surface area (Å²) in [6.45, 7) is 0. The summed E-state index contributed by atoms with van der Waals surface area (Å²) in [5.41, 5.74) is 3.41. The zero-order valence-electron chi connectivity index (χ0n) is 15.5. The quantitative estimate of drug-likeness (QED) is 0.575. The molecule has 7 heteroatoms. The molecule has 0 aliphatic rings. The van der Waals surface area contributed by atoms with E-state index in [-0.39, 0.29) is 11.1 Å². The average molecular weight is 370 g/mol. The van der Waals surface area contributed by atoms with E-state index in [9.17, 15) is 10.1 Å². The molecule has 0 aliphatic carbocycles. The Morgan fingerprint density at radius 3 is 2.46 bits per heavy atom. The maximum Gasteiger partial charge on any atom is 0.280 e. The van der Waals surface area contributed by atoms with E-state index in [0.717, 1.165) is 16.9 Å². The third kappa shape index (κ3) is 2.97. The summed E-state index contributed by atoms with van der Waals surface area (Å²) in [6.07, 6.45) is 1.51. The van der Waals surface area contributed by atoms with Gasteiger partial charge in [0.25, 0.3) is 5.56 Å². The van der Waals surface area contributed by atoms with Gasteiger partial charge in [0.1, 0.15) is 17.5 Å². The van der Waals surface area contributed by atoms with Crippen molar-refractivity contribution in [2.24, 2.45) is 0 Å². The van der Waals surface area contributed by atoms with Gasteiger partial charge in [0.2, 0.25) is 0 Å². The molecule has 0 unspecified atom stereocenters. The molecule has 0 fully saturated rings. The Hall–Kier alpha value is -4.05. The van der Waals surface area contributed by atoms with Gasteiger partial charge in [0.05, 0.1) is 5.56 Å². The van der Waals surface area contributed by atoms with E-state index in [1.165, 1.54) is 10.7 Å². The summed E-state index contributed by atoms with van der Waals surface area (Å²) < 4.78 is 1.30. The summed E-state index contributed by atoms with van der Waals surface area (Å²) in [7, 11) is 3.94. The summed E-state index contributed by atoms with van der Waals surface area (Å²) in [6, 6.07) is 19.2. The molecule has 28 heavy (non-hydrogen) atoms. The molecule has 0 saturated carbocycles. The van der Waals surface area contributed by atoms with Crippen molar-refractivity contribution >= 4 is 22.8 Å². The molecule has 4 rings (SSSR count). The van der Waals surface area contributed by atoms with E-state index >= 15 is 0 Å². The van der Waals surface area contributed by atoms with Gasteiger partial charge in [-0.15, -0.1) is 0 Å². The van der Waals surface area contributed by atoms with Gasteiger partial charge in [0, 0.05) is 31.7 Å². The number of aromatic nitrogens is 3. The van der Waals surface area contributed by atoms with Gasteiger partial charge in [-0.2, -0.15) is 9.78 Å². The molecule has 2 aromatic carbocycles. The molecule has 7 nitrogen and oxygen atoms in total. The van der Waals surface area contributed by atoms with Gasteiger partial charge in [0.15, 0.2) is 5.65 Å². The summed E-state index contributed by atoms with van der Waals surface area (Å²) in [5, 5.41) is 15.8. The first-order chi connectivity index (χ1) is 13.6. The fourth-order valence-corrected chi connectivity index (χ4v) is 3.01. The second-order valence-electron chi connectivity index (χ2n) is 6.54. The predicted molar refractivity (Wildman–Crippen MR) is 110 cm³/mol. The molecule has 2 N–H and O–H groups in total. The van der Waals surface area contributed by atoms with Crippen molar-refractivity contribution in [2.45, 2.75) is 0 Å². The Labute approximate surface area is 161 Å². The lowest BCUT2D eigenvalue weighted by Crippen LogP contribution is -2.17. The van der Waals surface area contributed by atoms with Crippen LogP contribution in [0.5, 0.6) is 0 Å². The van der Waals surface area contributed by atoms with Crippen LogP contribution in [0.2, 0.25) is 0 Å². The highest BCUT2D eigenvalue weighted by Gasteiger charge is 2.16. The van der Waals surface area contributed by atoms with E-state index in [4.69, 9.17) is 0 Å². The van der Waals surface area contributed by atoms with Crippen LogP contribution in [0.1, 0.15) is 5.56 Å². The highest BCUT2D eigenvalue weighted by atomic mass is 16.1. The summed E-state index contributed by atoms with van der Waals surface area (Å²) in [4.78, 5) is 19.3. The number of nitrogens with zero attached hydrogens (tertiary/aromatic N) is 4. The number of anilines is 3. The van der Waals surface area contributed by atoms with Gasteiger partial charge < -0.3 is 10.2 Å². The Morgan fingerprint density at radius 2 is 1.82 bits per heavy atom. The molecule has 0 saturated heterocycles. The van der Waals surface area contributed by atoms with Gasteiger partial charge in [-0.25, -0.2) is 4.98 Å². The summed E-state index contributed by atoms with van der Waals surface area (Å²) >= 11 is 0. The molecule has 0 amide bonds.